The average Bonchev–Trinajstić information content (AvgIpc) is 2.57. The summed E-state index contributed by atoms with van der Waals surface area (Å²) in [6.07, 6.45) is 2.32. The molecule has 0 aromatic heterocycles. The van der Waals surface area contributed by atoms with Gasteiger partial charge in [0.15, 0.2) is 0 Å². The third kappa shape index (κ3) is 5.06. The van der Waals surface area contributed by atoms with Crippen LogP contribution in [-0.2, 0) is 11.2 Å². The molecule has 0 aliphatic heterocycles. The molecule has 2 aromatic carbocycles. The van der Waals surface area contributed by atoms with Gasteiger partial charge in [-0.1, -0.05) is 39.7 Å². The van der Waals surface area contributed by atoms with Crippen molar-refractivity contribution in [2.75, 3.05) is 0 Å². The Morgan fingerprint density at radius 2 is 2.00 bits per heavy atom. The Bertz CT molecular complexity index is 777. The molecule has 0 unspecified atom stereocenters. The number of nitrogens with one attached hydrogen (secondary N) is 1. The minimum absolute atomic E-state index is 0.0786. The molecule has 0 radical (unpaired) electrons. The van der Waals surface area contributed by atoms with Crippen LogP contribution in [0.5, 0.6) is 5.75 Å². The van der Waals surface area contributed by atoms with Gasteiger partial charge < -0.3 is 5.11 Å². The highest BCUT2D eigenvalue weighted by molar-refractivity contribution is 9.11. The largest absolute Gasteiger partial charge is 0.506 e. The van der Waals surface area contributed by atoms with Crippen molar-refractivity contribution in [2.24, 2.45) is 5.10 Å². The van der Waals surface area contributed by atoms with Crippen LogP contribution in [0.1, 0.15) is 23.1 Å². The van der Waals surface area contributed by atoms with Crippen molar-refractivity contribution in [1.82, 2.24) is 5.43 Å². The number of hydrogen-bond acceptors (Lipinski definition) is 3. The number of carbonyl (C=O) groups is 1. The fourth-order valence-corrected chi connectivity index (χ4v) is 3.24. The molecule has 0 atom stereocenters. The summed E-state index contributed by atoms with van der Waals surface area (Å²) < 4.78 is 1.43. The summed E-state index contributed by atoms with van der Waals surface area (Å²) in [4.78, 5) is 11.8. The summed E-state index contributed by atoms with van der Waals surface area (Å²) in [6.45, 7) is 1.87. The lowest BCUT2D eigenvalue weighted by atomic mass is 10.1. The van der Waals surface area contributed by atoms with Crippen molar-refractivity contribution < 1.29 is 9.90 Å². The van der Waals surface area contributed by atoms with Gasteiger partial charge in [-0.15, -0.1) is 0 Å². The number of nitrogens with zero attached hydrogens (tertiary/aromatic N) is 1. The SMILES string of the molecule is Cc1c(Br)cc(/C=N\NC(=O)CCc2ccc(Cl)cc2)c(O)c1Br. The number of amides is 1. The standard InChI is InChI=1S/C17H15Br2ClN2O2/c1-10-14(18)8-12(17(24)16(10)19)9-21-22-15(23)7-4-11-2-5-13(20)6-3-11/h2-3,5-6,8-9,24H,4,7H2,1H3,(H,22,23)/b21-9-. The zero-order chi connectivity index (χ0) is 17.7. The third-order valence-corrected chi connectivity index (χ3v) is 5.44. The average molecular weight is 475 g/mol. The van der Waals surface area contributed by atoms with Gasteiger partial charge in [0.05, 0.1) is 10.7 Å². The second kappa shape index (κ2) is 8.65. The van der Waals surface area contributed by atoms with Crippen LogP contribution in [0.25, 0.3) is 0 Å². The predicted molar refractivity (Wildman–Crippen MR) is 104 cm³/mol. The first-order chi connectivity index (χ1) is 11.4. The smallest absolute Gasteiger partial charge is 0.240 e. The second-order valence-corrected chi connectivity index (χ2v) is 7.24. The highest BCUT2D eigenvalue weighted by Crippen LogP contribution is 2.35. The molecular weight excluding hydrogens is 459 g/mol. The van der Waals surface area contributed by atoms with Crippen LogP contribution in [0.2, 0.25) is 5.02 Å². The lowest BCUT2D eigenvalue weighted by Crippen LogP contribution is -2.17. The van der Waals surface area contributed by atoms with Gasteiger partial charge in [0, 0.05) is 21.5 Å². The van der Waals surface area contributed by atoms with Crippen LogP contribution in [0.3, 0.4) is 0 Å². The Labute approximate surface area is 162 Å². The van der Waals surface area contributed by atoms with Crippen LogP contribution in [0.15, 0.2) is 44.4 Å². The molecule has 0 bridgehead atoms. The molecule has 0 aliphatic rings. The fourth-order valence-electron chi connectivity index (χ4n) is 1.96. The minimum atomic E-state index is -0.203. The number of benzene rings is 2. The van der Waals surface area contributed by atoms with Crippen LogP contribution < -0.4 is 5.43 Å². The monoisotopic (exact) mass is 472 g/mol. The van der Waals surface area contributed by atoms with Crippen molar-refractivity contribution in [1.29, 1.82) is 0 Å². The molecule has 7 heteroatoms. The second-order valence-electron chi connectivity index (χ2n) is 5.15. The van der Waals surface area contributed by atoms with E-state index in [2.05, 4.69) is 42.4 Å². The van der Waals surface area contributed by atoms with E-state index in [0.29, 0.717) is 27.9 Å². The normalized spacial score (nSPS) is 11.0. The minimum Gasteiger partial charge on any atom is -0.506 e. The van der Waals surface area contributed by atoms with E-state index in [1.807, 2.05) is 19.1 Å². The fraction of sp³-hybridized carbons (Fsp3) is 0.176. The summed E-state index contributed by atoms with van der Waals surface area (Å²) in [5, 5.41) is 14.6. The first kappa shape index (κ1) is 19.0. The maximum Gasteiger partial charge on any atom is 0.240 e. The van der Waals surface area contributed by atoms with Crippen LogP contribution in [0.4, 0.5) is 0 Å². The maximum absolute atomic E-state index is 11.8. The van der Waals surface area contributed by atoms with Crippen molar-refractivity contribution in [3.63, 3.8) is 0 Å². The molecule has 2 aromatic rings. The summed E-state index contributed by atoms with van der Waals surface area (Å²) in [5.74, 6) is -0.124. The quantitative estimate of drug-likeness (QED) is 0.475. The van der Waals surface area contributed by atoms with Crippen LogP contribution in [0, 0.1) is 6.92 Å². The van der Waals surface area contributed by atoms with E-state index in [4.69, 9.17) is 11.6 Å². The zero-order valence-corrected chi connectivity index (χ0v) is 16.7. The Morgan fingerprint density at radius 1 is 1.33 bits per heavy atom. The van der Waals surface area contributed by atoms with E-state index in [1.54, 1.807) is 18.2 Å². The third-order valence-electron chi connectivity index (χ3n) is 3.40. The van der Waals surface area contributed by atoms with Gasteiger partial charge in [0.2, 0.25) is 5.91 Å². The number of halogens is 3. The Hall–Kier alpha value is -1.37. The Kier molecular flexibility index (Phi) is 6.83. The van der Waals surface area contributed by atoms with Crippen molar-refractivity contribution in [2.45, 2.75) is 19.8 Å². The summed E-state index contributed by atoms with van der Waals surface area (Å²) in [6, 6.07) is 9.10. The lowest BCUT2D eigenvalue weighted by Gasteiger charge is -2.07. The van der Waals surface area contributed by atoms with E-state index in [-0.39, 0.29) is 11.7 Å². The maximum atomic E-state index is 11.8. The van der Waals surface area contributed by atoms with E-state index in [1.165, 1.54) is 6.21 Å². The number of hydrazone groups is 1. The zero-order valence-electron chi connectivity index (χ0n) is 12.8. The van der Waals surface area contributed by atoms with E-state index in [0.717, 1.165) is 15.6 Å². The molecule has 0 aliphatic carbocycles. The molecule has 126 valence electrons. The van der Waals surface area contributed by atoms with Crippen molar-refractivity contribution in [3.05, 3.63) is 61.0 Å². The van der Waals surface area contributed by atoms with Gasteiger partial charge in [-0.2, -0.15) is 5.10 Å². The highest BCUT2D eigenvalue weighted by Gasteiger charge is 2.10. The Morgan fingerprint density at radius 3 is 2.67 bits per heavy atom. The van der Waals surface area contributed by atoms with Gasteiger partial charge in [-0.25, -0.2) is 5.43 Å². The molecule has 0 saturated heterocycles. The number of carbonyl (C=O) groups excluding carboxylic acids is 1. The predicted octanol–water partition coefficient (Wildman–Crippen LogP) is 4.96. The van der Waals surface area contributed by atoms with Gasteiger partial charge in [-0.3, -0.25) is 4.79 Å². The topological polar surface area (TPSA) is 61.7 Å². The molecule has 4 nitrogen and oxygen atoms in total. The number of aromatic hydroxyl groups is 1. The summed E-state index contributed by atoms with van der Waals surface area (Å²) >= 11 is 12.5. The number of phenolic OH excluding ortho intramolecular Hbond substituents is 1. The number of aryl methyl sites for hydroxylation is 1. The molecule has 0 heterocycles. The van der Waals surface area contributed by atoms with Crippen LogP contribution >= 0.6 is 43.5 Å². The number of hydrogen-bond donors (Lipinski definition) is 2. The Balaban J connectivity index is 1.92. The molecule has 0 spiro atoms. The van der Waals surface area contributed by atoms with E-state index >= 15 is 0 Å². The van der Waals surface area contributed by atoms with Crippen LogP contribution in [-0.4, -0.2) is 17.2 Å². The van der Waals surface area contributed by atoms with Gasteiger partial charge in [0.25, 0.3) is 0 Å². The highest BCUT2D eigenvalue weighted by atomic mass is 79.9. The first-order valence-electron chi connectivity index (χ1n) is 7.12. The number of phenols is 1. The van der Waals surface area contributed by atoms with Crippen molar-refractivity contribution >= 4 is 55.6 Å². The molecule has 24 heavy (non-hydrogen) atoms. The first-order valence-corrected chi connectivity index (χ1v) is 9.08. The van der Waals surface area contributed by atoms with E-state index < -0.39 is 0 Å². The van der Waals surface area contributed by atoms with Crippen molar-refractivity contribution in [3.8, 4) is 5.75 Å². The molecular formula is C17H15Br2ClN2O2. The molecule has 0 saturated carbocycles. The molecule has 0 fully saturated rings. The van der Waals surface area contributed by atoms with Gasteiger partial charge in [0.1, 0.15) is 5.75 Å². The summed E-state index contributed by atoms with van der Waals surface area (Å²) in [7, 11) is 0. The molecule has 2 rings (SSSR count). The summed E-state index contributed by atoms with van der Waals surface area (Å²) in [5.41, 5.74) is 4.87. The van der Waals surface area contributed by atoms with E-state index in [9.17, 15) is 9.90 Å². The number of rotatable bonds is 5. The van der Waals surface area contributed by atoms with Gasteiger partial charge in [-0.05, 0) is 58.6 Å². The van der Waals surface area contributed by atoms with Gasteiger partial charge >= 0.3 is 0 Å². The lowest BCUT2D eigenvalue weighted by molar-refractivity contribution is -0.121. The molecule has 2 N–H and O–H groups in total. The molecule has 1 amide bonds.